The molecule has 0 fully saturated rings. The molecule has 0 saturated heterocycles. The Kier molecular flexibility index (Phi) is 20.2. The van der Waals surface area contributed by atoms with Crippen LogP contribution in [-0.2, 0) is 41.4 Å². The van der Waals surface area contributed by atoms with E-state index in [1.165, 1.54) is 65.2 Å². The molecule has 0 unspecified atom stereocenters. The van der Waals surface area contributed by atoms with Gasteiger partial charge >= 0.3 is 18.5 Å². The van der Waals surface area contributed by atoms with E-state index in [1.54, 1.807) is 54.6 Å². The maximum Gasteiger partial charge on any atom is 0.417 e. The predicted octanol–water partition coefficient (Wildman–Crippen LogP) is 21.9. The number of halogens is 10. The molecule has 1 amide bonds. The Bertz CT molecular complexity index is 4990. The van der Waals surface area contributed by atoms with Crippen molar-refractivity contribution in [1.82, 2.24) is 29.9 Å². The fourth-order valence-electron chi connectivity index (χ4n) is 11.2. The summed E-state index contributed by atoms with van der Waals surface area (Å²) in [7, 11) is 0. The van der Waals surface area contributed by atoms with Crippen molar-refractivity contribution in [2.75, 3.05) is 0 Å². The van der Waals surface area contributed by atoms with Crippen LogP contribution in [0.4, 0.5) is 43.9 Å². The first-order valence-corrected chi connectivity index (χ1v) is 31.5. The molecule has 9 nitrogen and oxygen atoms in total. The Hall–Kier alpha value is -10.7. The second kappa shape index (κ2) is 28.1. The van der Waals surface area contributed by atoms with Gasteiger partial charge in [-0.05, 0) is 150 Å². The Morgan fingerprint density at radius 3 is 1.02 bits per heavy atom. The Labute approximate surface area is 566 Å². The number of hydrogen-bond donors (Lipinski definition) is 5. The van der Waals surface area contributed by atoms with E-state index in [0.29, 0.717) is 50.7 Å². The largest absolute Gasteiger partial charge is 0.417 e. The minimum Gasteiger partial charge on any atom is -0.392 e. The van der Waals surface area contributed by atoms with E-state index in [2.05, 4.69) is 129 Å². The summed E-state index contributed by atoms with van der Waals surface area (Å²) in [6.07, 6.45) is -3.09. The zero-order valence-electron chi connectivity index (χ0n) is 55.5. The molecule has 12 rings (SSSR count). The molecule has 19 heteroatoms. The number of amides is 1. The van der Waals surface area contributed by atoms with Crippen LogP contribution < -0.4 is 5.73 Å². The number of H-pyrrole nitrogens is 3. The number of nitrogens with one attached hydrogen (secondary N) is 3. The molecule has 9 aromatic carbocycles. The normalized spacial score (nSPS) is 12.6. The molecule has 508 valence electrons. The lowest BCUT2D eigenvalue weighted by Crippen LogP contribution is -2.14. The summed E-state index contributed by atoms with van der Waals surface area (Å²) < 4.78 is 139. The lowest BCUT2D eigenvalue weighted by atomic mass is 9.87. The van der Waals surface area contributed by atoms with Crippen LogP contribution in [0.15, 0.2) is 182 Å². The van der Waals surface area contributed by atoms with Crippen molar-refractivity contribution in [2.45, 2.75) is 104 Å². The first kappa shape index (κ1) is 71.1. The number of alkyl halides is 9. The SMILES string of the molecule is CC(C)(C)c1ccc(/C=C/c2nc3cc(-c4ccccc4C(N)=O)c(C(F)(F)F)cc3[nH]2)cc1.CC(C)(C)c1ccc(/C=C/c2nc3cc(-c4ccccc4CO)c(C(F)(F)F)cc3[nH]2)cc1.CC(C)(C)c1ccc(/C=C/c2nc3cc(-c4ccccc4F)c(C(F)(F)F)cc3[nH]2)cc1. The molecule has 99 heavy (non-hydrogen) atoms. The summed E-state index contributed by atoms with van der Waals surface area (Å²) >= 11 is 0. The highest BCUT2D eigenvalue weighted by atomic mass is 19.4. The third-order valence-electron chi connectivity index (χ3n) is 16.6. The molecular formula is C80H71F10N7O2. The maximum atomic E-state index is 14.3. The molecule has 0 radical (unpaired) electrons. The molecule has 3 heterocycles. The predicted molar refractivity (Wildman–Crippen MR) is 376 cm³/mol. The number of aromatic amines is 3. The Balaban J connectivity index is 0.000000161. The number of nitrogens with two attached hydrogens (primary N) is 1. The van der Waals surface area contributed by atoms with Crippen LogP contribution in [0, 0.1) is 5.82 Å². The second-order valence-corrected chi connectivity index (χ2v) is 26.9. The Morgan fingerprint density at radius 1 is 0.394 bits per heavy atom. The van der Waals surface area contributed by atoms with E-state index in [4.69, 9.17) is 5.73 Å². The molecule has 0 aliphatic rings. The molecule has 0 aliphatic heterocycles. The first-order valence-electron chi connectivity index (χ1n) is 31.5. The van der Waals surface area contributed by atoms with E-state index in [-0.39, 0.29) is 67.3 Å². The summed E-state index contributed by atoms with van der Waals surface area (Å²) in [4.78, 5) is 34.0. The van der Waals surface area contributed by atoms with Crippen molar-refractivity contribution in [3.63, 3.8) is 0 Å². The van der Waals surface area contributed by atoms with Crippen molar-refractivity contribution >= 4 is 75.5 Å². The fraction of sp³-hybridized carbons (Fsp3) is 0.200. The minimum absolute atomic E-state index is 0.000511. The summed E-state index contributed by atoms with van der Waals surface area (Å²) in [5, 5.41) is 9.62. The number of aliphatic hydroxyl groups is 1. The third-order valence-corrected chi connectivity index (χ3v) is 16.6. The number of benzene rings is 9. The van der Waals surface area contributed by atoms with Gasteiger partial charge in [0.2, 0.25) is 5.91 Å². The summed E-state index contributed by atoms with van der Waals surface area (Å²) in [5.74, 6) is -0.216. The Morgan fingerprint density at radius 2 is 0.697 bits per heavy atom. The second-order valence-electron chi connectivity index (χ2n) is 26.9. The molecular weight excluding hydrogens is 1280 g/mol. The number of primary amides is 1. The standard InChI is InChI=1S/C27H24F3N3O.C27H25F3N2O.C26H22F4N2/c1-26(2,3)17-11-8-16(9-12-17)10-13-24-32-22-14-20(18-6-4-5-7-19(18)25(31)34)21(27(28,29)30)15-23(22)33-24;1-26(2,3)19-11-8-17(9-12-19)10-13-25-31-23-14-21(20-7-5-4-6-18(20)16-33)22(27(28,29)30)15-24(23)32-25;1-25(2,3)17-11-8-16(9-12-17)10-13-24-31-22-14-19(18-6-4-5-7-21(18)27)20(26(28,29)30)15-23(22)32-24/h4-15H,1-3H3,(H2,31,34)(H,32,33);4-15,33H,16H2,1-3H3,(H,31,32);4-15H,1-3H3,(H,31,32)/b3*13-10+. The van der Waals surface area contributed by atoms with Crippen LogP contribution in [0.1, 0.15) is 146 Å². The summed E-state index contributed by atoms with van der Waals surface area (Å²) in [5.41, 5.74) is 11.8. The number of hydrogen-bond acceptors (Lipinski definition) is 5. The van der Waals surface area contributed by atoms with Crippen LogP contribution in [0.2, 0.25) is 0 Å². The number of aromatic nitrogens is 6. The van der Waals surface area contributed by atoms with Gasteiger partial charge in [0, 0.05) is 11.1 Å². The van der Waals surface area contributed by atoms with E-state index in [1.807, 2.05) is 54.6 Å². The average Bonchev–Trinajstić information content (AvgIpc) is 1.76. The van der Waals surface area contributed by atoms with Crippen LogP contribution in [0.3, 0.4) is 0 Å². The van der Waals surface area contributed by atoms with Gasteiger partial charge in [0.15, 0.2) is 0 Å². The number of carbonyl (C=O) groups excluding carboxylic acids is 1. The fourth-order valence-corrected chi connectivity index (χ4v) is 11.2. The lowest BCUT2D eigenvalue weighted by Gasteiger charge is -2.18. The van der Waals surface area contributed by atoms with Crippen molar-refractivity contribution in [3.05, 3.63) is 266 Å². The quantitative estimate of drug-likeness (QED) is 0.0818. The van der Waals surface area contributed by atoms with Gasteiger partial charge in [0.05, 0.1) is 56.4 Å². The highest BCUT2D eigenvalue weighted by molar-refractivity contribution is 6.01. The zero-order valence-corrected chi connectivity index (χ0v) is 55.5. The van der Waals surface area contributed by atoms with E-state index >= 15 is 0 Å². The van der Waals surface area contributed by atoms with Crippen LogP contribution >= 0.6 is 0 Å². The van der Waals surface area contributed by atoms with Gasteiger partial charge in [-0.25, -0.2) is 19.3 Å². The molecule has 3 aromatic heterocycles. The molecule has 0 aliphatic carbocycles. The summed E-state index contributed by atoms with van der Waals surface area (Å²) in [6, 6.07) is 49.4. The average molecular weight is 1350 g/mol. The highest BCUT2D eigenvalue weighted by Gasteiger charge is 2.38. The number of rotatable bonds is 11. The van der Waals surface area contributed by atoms with Crippen molar-refractivity contribution in [2.24, 2.45) is 5.73 Å². The van der Waals surface area contributed by atoms with Crippen molar-refractivity contribution in [3.8, 4) is 33.4 Å². The van der Waals surface area contributed by atoms with Gasteiger partial charge in [0.1, 0.15) is 23.3 Å². The monoisotopic (exact) mass is 1350 g/mol. The third kappa shape index (κ3) is 17.0. The molecule has 0 saturated carbocycles. The van der Waals surface area contributed by atoms with Crippen LogP contribution in [-0.4, -0.2) is 40.9 Å². The summed E-state index contributed by atoms with van der Waals surface area (Å²) in [6.45, 7) is 18.9. The topological polar surface area (TPSA) is 149 Å². The molecule has 0 spiro atoms. The molecule has 6 N–H and O–H groups in total. The number of imidazole rings is 3. The minimum atomic E-state index is -4.64. The van der Waals surface area contributed by atoms with Gasteiger partial charge in [-0.15, -0.1) is 0 Å². The van der Waals surface area contributed by atoms with E-state index in [9.17, 15) is 53.8 Å². The number of nitrogens with zero attached hydrogens (tertiary/aromatic N) is 3. The smallest absolute Gasteiger partial charge is 0.392 e. The maximum absolute atomic E-state index is 14.3. The zero-order chi connectivity index (χ0) is 71.6. The molecule has 12 aromatic rings. The number of carbonyl (C=O) groups is 1. The van der Waals surface area contributed by atoms with Crippen molar-refractivity contribution in [1.29, 1.82) is 0 Å². The van der Waals surface area contributed by atoms with Gasteiger partial charge in [-0.3, -0.25) is 4.79 Å². The van der Waals surface area contributed by atoms with E-state index < -0.39 is 46.9 Å². The number of aliphatic hydroxyl groups excluding tert-OH is 1. The molecule has 0 atom stereocenters. The first-order chi connectivity index (χ1) is 46.5. The molecule has 0 bridgehead atoms. The highest BCUT2D eigenvalue weighted by Crippen LogP contribution is 2.44. The van der Waals surface area contributed by atoms with E-state index in [0.717, 1.165) is 41.0 Å². The van der Waals surface area contributed by atoms with Crippen LogP contribution in [0.25, 0.3) is 103 Å². The van der Waals surface area contributed by atoms with Gasteiger partial charge in [-0.1, -0.05) is 214 Å². The van der Waals surface area contributed by atoms with Gasteiger partial charge in [-0.2, -0.15) is 39.5 Å². The van der Waals surface area contributed by atoms with Gasteiger partial charge < -0.3 is 25.8 Å². The van der Waals surface area contributed by atoms with Crippen LogP contribution in [0.5, 0.6) is 0 Å². The number of fused-ring (bicyclic) bond motifs is 3. The lowest BCUT2D eigenvalue weighted by molar-refractivity contribution is -0.137. The van der Waals surface area contributed by atoms with Crippen molar-refractivity contribution < 1.29 is 53.8 Å². The van der Waals surface area contributed by atoms with Gasteiger partial charge in [0.25, 0.3) is 0 Å².